The highest BCUT2D eigenvalue weighted by Gasteiger charge is 2.24. The van der Waals surface area contributed by atoms with Gasteiger partial charge in [-0.3, -0.25) is 0 Å². The molecule has 0 aromatic carbocycles. The molecule has 0 aromatic rings. The van der Waals surface area contributed by atoms with Gasteiger partial charge in [0.25, 0.3) is 0 Å². The molecule has 1 saturated heterocycles. The number of nitrogens with two attached hydrogens (primary N) is 1. The first-order chi connectivity index (χ1) is 6.01. The zero-order chi connectivity index (χ0) is 9.90. The second kappa shape index (κ2) is 4.40. The van der Waals surface area contributed by atoms with Crippen molar-refractivity contribution in [3.05, 3.63) is 0 Å². The molecule has 3 nitrogen and oxygen atoms in total. The molecule has 0 aromatic heterocycles. The molecule has 0 amide bonds. The van der Waals surface area contributed by atoms with Crippen molar-refractivity contribution in [1.29, 1.82) is 0 Å². The molecular weight excluding hydrogens is 164 g/mol. The molecule has 0 unspecified atom stereocenters. The van der Waals surface area contributed by atoms with E-state index in [-0.39, 0.29) is 5.60 Å². The molecule has 0 bridgehead atoms. The minimum absolute atomic E-state index is 0.00185. The SMILES string of the molecule is CC(C)(C)OCCN1CC(CN)C1. The van der Waals surface area contributed by atoms with Crippen molar-refractivity contribution in [1.82, 2.24) is 4.90 Å². The number of nitrogens with zero attached hydrogens (tertiary/aromatic N) is 1. The normalized spacial score (nSPS) is 20.3. The Morgan fingerprint density at radius 1 is 1.38 bits per heavy atom. The van der Waals surface area contributed by atoms with Gasteiger partial charge in [0.05, 0.1) is 12.2 Å². The van der Waals surface area contributed by atoms with E-state index in [1.807, 2.05) is 0 Å². The first kappa shape index (κ1) is 11.0. The average molecular weight is 186 g/mol. The van der Waals surface area contributed by atoms with Gasteiger partial charge in [0.1, 0.15) is 0 Å². The van der Waals surface area contributed by atoms with Crippen LogP contribution in [0.1, 0.15) is 20.8 Å². The average Bonchev–Trinajstić information content (AvgIpc) is 1.91. The van der Waals surface area contributed by atoms with E-state index < -0.39 is 0 Å². The number of rotatable bonds is 4. The van der Waals surface area contributed by atoms with Crippen LogP contribution in [-0.2, 0) is 4.74 Å². The van der Waals surface area contributed by atoms with Crippen molar-refractivity contribution in [3.63, 3.8) is 0 Å². The molecule has 2 N–H and O–H groups in total. The molecule has 0 saturated carbocycles. The Balaban J connectivity index is 1.97. The van der Waals surface area contributed by atoms with Gasteiger partial charge in [-0.2, -0.15) is 0 Å². The summed E-state index contributed by atoms with van der Waals surface area (Å²) in [7, 11) is 0. The molecule has 1 aliphatic rings. The fourth-order valence-corrected chi connectivity index (χ4v) is 1.49. The first-order valence-corrected chi connectivity index (χ1v) is 5.07. The molecule has 3 heteroatoms. The fourth-order valence-electron chi connectivity index (χ4n) is 1.49. The lowest BCUT2D eigenvalue weighted by atomic mass is 10.0. The lowest BCUT2D eigenvalue weighted by molar-refractivity contribution is -0.0267. The van der Waals surface area contributed by atoms with Crippen molar-refractivity contribution in [2.24, 2.45) is 11.7 Å². The highest BCUT2D eigenvalue weighted by Crippen LogP contribution is 2.14. The maximum Gasteiger partial charge on any atom is 0.0600 e. The third-order valence-electron chi connectivity index (χ3n) is 2.31. The van der Waals surface area contributed by atoms with Crippen LogP contribution in [-0.4, -0.2) is 43.3 Å². The quantitative estimate of drug-likeness (QED) is 0.702. The van der Waals surface area contributed by atoms with E-state index in [4.69, 9.17) is 10.5 Å². The van der Waals surface area contributed by atoms with Gasteiger partial charge in [-0.15, -0.1) is 0 Å². The van der Waals surface area contributed by atoms with Crippen molar-refractivity contribution < 1.29 is 4.74 Å². The monoisotopic (exact) mass is 186 g/mol. The van der Waals surface area contributed by atoms with Crippen molar-refractivity contribution in [3.8, 4) is 0 Å². The van der Waals surface area contributed by atoms with Crippen LogP contribution in [0.4, 0.5) is 0 Å². The summed E-state index contributed by atoms with van der Waals surface area (Å²) in [6, 6.07) is 0. The van der Waals surface area contributed by atoms with E-state index in [2.05, 4.69) is 25.7 Å². The van der Waals surface area contributed by atoms with Crippen LogP contribution in [0.5, 0.6) is 0 Å². The molecule has 0 aliphatic carbocycles. The van der Waals surface area contributed by atoms with Gasteiger partial charge >= 0.3 is 0 Å². The van der Waals surface area contributed by atoms with E-state index in [1.165, 1.54) is 0 Å². The molecule has 0 atom stereocenters. The third-order valence-corrected chi connectivity index (χ3v) is 2.31. The van der Waals surface area contributed by atoms with Crippen molar-refractivity contribution >= 4 is 0 Å². The Morgan fingerprint density at radius 2 is 2.00 bits per heavy atom. The predicted molar refractivity (Wildman–Crippen MR) is 54.7 cm³/mol. The number of hydrogen-bond acceptors (Lipinski definition) is 3. The number of ether oxygens (including phenoxy) is 1. The van der Waals surface area contributed by atoms with Gasteiger partial charge in [-0.05, 0) is 33.2 Å². The minimum atomic E-state index is -0.00185. The molecular formula is C10H22N2O. The minimum Gasteiger partial charge on any atom is -0.375 e. The van der Waals surface area contributed by atoms with E-state index >= 15 is 0 Å². The Hall–Kier alpha value is -0.120. The zero-order valence-electron chi connectivity index (χ0n) is 9.05. The highest BCUT2D eigenvalue weighted by molar-refractivity contribution is 4.79. The maximum atomic E-state index is 5.63. The summed E-state index contributed by atoms with van der Waals surface area (Å²) in [6.45, 7) is 11.3. The van der Waals surface area contributed by atoms with Crippen molar-refractivity contribution in [2.45, 2.75) is 26.4 Å². The molecule has 0 spiro atoms. The Morgan fingerprint density at radius 3 is 2.46 bits per heavy atom. The summed E-state index contributed by atoms with van der Waals surface area (Å²) < 4.78 is 5.63. The number of hydrogen-bond donors (Lipinski definition) is 1. The summed E-state index contributed by atoms with van der Waals surface area (Å²) >= 11 is 0. The second-order valence-electron chi connectivity index (χ2n) is 4.82. The van der Waals surface area contributed by atoms with Crippen LogP contribution >= 0.6 is 0 Å². The largest absolute Gasteiger partial charge is 0.375 e. The van der Waals surface area contributed by atoms with Gasteiger partial charge < -0.3 is 15.4 Å². The second-order valence-corrected chi connectivity index (χ2v) is 4.82. The summed E-state index contributed by atoms with van der Waals surface area (Å²) in [5.41, 5.74) is 5.53. The number of likely N-dealkylation sites (tertiary alicyclic amines) is 1. The summed E-state index contributed by atoms with van der Waals surface area (Å²) in [6.07, 6.45) is 0. The molecule has 0 radical (unpaired) electrons. The fraction of sp³-hybridized carbons (Fsp3) is 1.00. The van der Waals surface area contributed by atoms with Gasteiger partial charge in [-0.1, -0.05) is 0 Å². The predicted octanol–water partition coefficient (Wildman–Crippen LogP) is 0.692. The smallest absolute Gasteiger partial charge is 0.0600 e. The van der Waals surface area contributed by atoms with Crippen LogP contribution in [0.3, 0.4) is 0 Å². The molecule has 1 fully saturated rings. The molecule has 1 aliphatic heterocycles. The zero-order valence-corrected chi connectivity index (χ0v) is 9.05. The Bertz CT molecular complexity index is 147. The van der Waals surface area contributed by atoms with E-state index in [0.717, 1.165) is 38.7 Å². The lowest BCUT2D eigenvalue weighted by Gasteiger charge is -2.39. The molecule has 1 heterocycles. The van der Waals surface area contributed by atoms with E-state index in [9.17, 15) is 0 Å². The van der Waals surface area contributed by atoms with E-state index in [0.29, 0.717) is 0 Å². The van der Waals surface area contributed by atoms with Crippen LogP contribution in [0.25, 0.3) is 0 Å². The highest BCUT2D eigenvalue weighted by atomic mass is 16.5. The molecule has 78 valence electrons. The van der Waals surface area contributed by atoms with Crippen LogP contribution in [0, 0.1) is 5.92 Å². The van der Waals surface area contributed by atoms with Crippen molar-refractivity contribution in [2.75, 3.05) is 32.8 Å². The topological polar surface area (TPSA) is 38.5 Å². The Labute approximate surface area is 81.2 Å². The summed E-state index contributed by atoms with van der Waals surface area (Å²) in [4.78, 5) is 2.39. The van der Waals surface area contributed by atoms with Gasteiger partial charge in [0.2, 0.25) is 0 Å². The van der Waals surface area contributed by atoms with Gasteiger partial charge in [0, 0.05) is 19.6 Å². The summed E-state index contributed by atoms with van der Waals surface area (Å²) in [5.74, 6) is 0.731. The summed E-state index contributed by atoms with van der Waals surface area (Å²) in [5, 5.41) is 0. The van der Waals surface area contributed by atoms with Crippen LogP contribution in [0.2, 0.25) is 0 Å². The van der Waals surface area contributed by atoms with Gasteiger partial charge in [0.15, 0.2) is 0 Å². The van der Waals surface area contributed by atoms with E-state index in [1.54, 1.807) is 0 Å². The standard InChI is InChI=1S/C10H22N2O/c1-10(2,3)13-5-4-12-7-9(6-11)8-12/h9H,4-8,11H2,1-3H3. The van der Waals surface area contributed by atoms with Gasteiger partial charge in [-0.25, -0.2) is 0 Å². The van der Waals surface area contributed by atoms with Crippen LogP contribution in [0.15, 0.2) is 0 Å². The Kier molecular flexibility index (Phi) is 3.71. The van der Waals surface area contributed by atoms with Crippen LogP contribution < -0.4 is 5.73 Å². The molecule has 13 heavy (non-hydrogen) atoms. The third kappa shape index (κ3) is 4.07. The maximum absolute atomic E-state index is 5.63. The first-order valence-electron chi connectivity index (χ1n) is 5.07. The lowest BCUT2D eigenvalue weighted by Crippen LogP contribution is -2.51. The molecule has 1 rings (SSSR count).